The summed E-state index contributed by atoms with van der Waals surface area (Å²) in [5.41, 5.74) is 0. The predicted molar refractivity (Wildman–Crippen MR) is 61.8 cm³/mol. The molecular formula is C11H22N4. The number of hydrogen-bond acceptors (Lipinski definition) is 3. The smallest absolute Gasteiger partial charge is 0.147 e. The average Bonchev–Trinajstić information content (AvgIpc) is 2.44. The standard InChI is InChI=1S/C11H22N4/c1-9(2)8-12-6-5-7-15-11(4)13-10(3)14-15/h9,12H,5-8H2,1-4H3. The van der Waals surface area contributed by atoms with E-state index in [9.17, 15) is 0 Å². The lowest BCUT2D eigenvalue weighted by atomic mass is 10.2. The SMILES string of the molecule is Cc1nc(C)n(CCCNCC(C)C)n1. The zero-order valence-corrected chi connectivity index (χ0v) is 10.2. The Morgan fingerprint density at radius 3 is 2.60 bits per heavy atom. The van der Waals surface area contributed by atoms with Crippen LogP contribution in [0.5, 0.6) is 0 Å². The van der Waals surface area contributed by atoms with Crippen molar-refractivity contribution in [3.05, 3.63) is 11.6 Å². The van der Waals surface area contributed by atoms with Crippen molar-refractivity contribution in [2.45, 2.75) is 40.7 Å². The van der Waals surface area contributed by atoms with Gasteiger partial charge in [0, 0.05) is 6.54 Å². The van der Waals surface area contributed by atoms with Crippen LogP contribution in [0.25, 0.3) is 0 Å². The molecule has 15 heavy (non-hydrogen) atoms. The van der Waals surface area contributed by atoms with Crippen molar-refractivity contribution in [2.75, 3.05) is 13.1 Å². The fraction of sp³-hybridized carbons (Fsp3) is 0.818. The number of rotatable bonds is 6. The largest absolute Gasteiger partial charge is 0.316 e. The first-order valence-electron chi connectivity index (χ1n) is 5.68. The summed E-state index contributed by atoms with van der Waals surface area (Å²) in [6, 6.07) is 0. The van der Waals surface area contributed by atoms with Crippen LogP contribution in [-0.4, -0.2) is 27.9 Å². The Labute approximate surface area is 92.1 Å². The lowest BCUT2D eigenvalue weighted by molar-refractivity contribution is 0.500. The van der Waals surface area contributed by atoms with Gasteiger partial charge >= 0.3 is 0 Å². The lowest BCUT2D eigenvalue weighted by Crippen LogP contribution is -2.22. The van der Waals surface area contributed by atoms with E-state index in [2.05, 4.69) is 29.2 Å². The molecule has 4 heteroatoms. The van der Waals surface area contributed by atoms with Crippen molar-refractivity contribution in [1.82, 2.24) is 20.1 Å². The van der Waals surface area contributed by atoms with Crippen LogP contribution in [-0.2, 0) is 6.54 Å². The number of nitrogens with zero attached hydrogens (tertiary/aromatic N) is 3. The van der Waals surface area contributed by atoms with E-state index in [0.29, 0.717) is 0 Å². The van der Waals surface area contributed by atoms with Crippen molar-refractivity contribution < 1.29 is 0 Å². The summed E-state index contributed by atoms with van der Waals surface area (Å²) in [7, 11) is 0. The second-order valence-corrected chi connectivity index (χ2v) is 4.38. The molecule has 0 saturated carbocycles. The topological polar surface area (TPSA) is 42.7 Å². The first-order chi connectivity index (χ1) is 7.09. The predicted octanol–water partition coefficient (Wildman–Crippen LogP) is 1.53. The minimum absolute atomic E-state index is 0.723. The highest BCUT2D eigenvalue weighted by atomic mass is 15.3. The number of aromatic nitrogens is 3. The molecule has 0 atom stereocenters. The van der Waals surface area contributed by atoms with Crippen LogP contribution >= 0.6 is 0 Å². The second-order valence-electron chi connectivity index (χ2n) is 4.38. The molecule has 0 aliphatic heterocycles. The van der Waals surface area contributed by atoms with E-state index in [1.165, 1.54) is 0 Å². The Balaban J connectivity index is 2.17. The Morgan fingerprint density at radius 2 is 2.07 bits per heavy atom. The molecule has 0 amide bonds. The highest BCUT2D eigenvalue weighted by Crippen LogP contribution is 1.97. The van der Waals surface area contributed by atoms with Crippen LogP contribution < -0.4 is 5.32 Å². The highest BCUT2D eigenvalue weighted by molar-refractivity contribution is 4.87. The fourth-order valence-electron chi connectivity index (χ4n) is 1.52. The monoisotopic (exact) mass is 210 g/mol. The van der Waals surface area contributed by atoms with E-state index in [0.717, 1.165) is 43.6 Å². The van der Waals surface area contributed by atoms with Gasteiger partial charge < -0.3 is 5.32 Å². The van der Waals surface area contributed by atoms with Crippen LogP contribution in [0.2, 0.25) is 0 Å². The molecule has 0 spiro atoms. The zero-order chi connectivity index (χ0) is 11.3. The van der Waals surface area contributed by atoms with Crippen molar-refractivity contribution >= 4 is 0 Å². The van der Waals surface area contributed by atoms with Crippen LogP contribution in [0.1, 0.15) is 31.9 Å². The zero-order valence-electron chi connectivity index (χ0n) is 10.2. The Kier molecular flexibility index (Phi) is 4.75. The van der Waals surface area contributed by atoms with Gasteiger partial charge in [0.25, 0.3) is 0 Å². The van der Waals surface area contributed by atoms with Crippen LogP contribution in [0.4, 0.5) is 0 Å². The summed E-state index contributed by atoms with van der Waals surface area (Å²) >= 11 is 0. The molecule has 0 unspecified atom stereocenters. The molecule has 1 aromatic rings. The molecule has 0 aliphatic rings. The molecule has 0 bridgehead atoms. The van der Waals surface area contributed by atoms with Gasteiger partial charge in [0.05, 0.1) is 0 Å². The van der Waals surface area contributed by atoms with Gasteiger partial charge in [0.1, 0.15) is 11.6 Å². The molecule has 0 fully saturated rings. The third-order valence-electron chi connectivity index (χ3n) is 2.24. The van der Waals surface area contributed by atoms with Crippen molar-refractivity contribution in [2.24, 2.45) is 5.92 Å². The first-order valence-corrected chi connectivity index (χ1v) is 5.68. The van der Waals surface area contributed by atoms with Gasteiger partial charge in [-0.1, -0.05) is 13.8 Å². The Morgan fingerprint density at radius 1 is 1.33 bits per heavy atom. The summed E-state index contributed by atoms with van der Waals surface area (Å²) in [6.07, 6.45) is 1.11. The number of nitrogens with one attached hydrogen (secondary N) is 1. The fourth-order valence-corrected chi connectivity index (χ4v) is 1.52. The Bertz CT molecular complexity index is 291. The third kappa shape index (κ3) is 4.42. The normalized spacial score (nSPS) is 11.3. The molecule has 0 saturated heterocycles. The van der Waals surface area contributed by atoms with Gasteiger partial charge in [-0.15, -0.1) is 0 Å². The molecule has 0 aliphatic carbocycles. The van der Waals surface area contributed by atoms with Crippen LogP contribution in [0, 0.1) is 19.8 Å². The summed E-state index contributed by atoms with van der Waals surface area (Å²) in [5, 5.41) is 7.74. The van der Waals surface area contributed by atoms with E-state index in [1.54, 1.807) is 0 Å². The van der Waals surface area contributed by atoms with E-state index in [1.807, 2.05) is 18.5 Å². The quantitative estimate of drug-likeness (QED) is 0.724. The van der Waals surface area contributed by atoms with E-state index < -0.39 is 0 Å². The van der Waals surface area contributed by atoms with E-state index in [4.69, 9.17) is 0 Å². The molecule has 0 aromatic carbocycles. The van der Waals surface area contributed by atoms with Gasteiger partial charge in [-0.3, -0.25) is 4.68 Å². The minimum Gasteiger partial charge on any atom is -0.316 e. The van der Waals surface area contributed by atoms with Crippen molar-refractivity contribution in [1.29, 1.82) is 0 Å². The van der Waals surface area contributed by atoms with E-state index in [-0.39, 0.29) is 0 Å². The van der Waals surface area contributed by atoms with Gasteiger partial charge in [-0.25, -0.2) is 4.98 Å². The summed E-state index contributed by atoms with van der Waals surface area (Å²) in [6.45, 7) is 11.5. The van der Waals surface area contributed by atoms with Gasteiger partial charge in [0.15, 0.2) is 0 Å². The van der Waals surface area contributed by atoms with Gasteiger partial charge in [-0.2, -0.15) is 5.10 Å². The highest BCUT2D eigenvalue weighted by Gasteiger charge is 2.01. The molecule has 1 rings (SSSR count). The van der Waals surface area contributed by atoms with E-state index >= 15 is 0 Å². The summed E-state index contributed by atoms with van der Waals surface area (Å²) in [5.74, 6) is 2.60. The summed E-state index contributed by atoms with van der Waals surface area (Å²) < 4.78 is 1.98. The molecule has 1 aromatic heterocycles. The maximum Gasteiger partial charge on any atom is 0.147 e. The molecule has 4 nitrogen and oxygen atoms in total. The molecule has 86 valence electrons. The molecular weight excluding hydrogens is 188 g/mol. The lowest BCUT2D eigenvalue weighted by Gasteiger charge is -2.07. The van der Waals surface area contributed by atoms with Crippen molar-refractivity contribution in [3.8, 4) is 0 Å². The minimum atomic E-state index is 0.723. The number of hydrogen-bond donors (Lipinski definition) is 1. The average molecular weight is 210 g/mol. The molecule has 1 heterocycles. The first kappa shape index (κ1) is 12.2. The van der Waals surface area contributed by atoms with Gasteiger partial charge in [-0.05, 0) is 39.3 Å². The maximum atomic E-state index is 4.32. The number of aryl methyl sites for hydroxylation is 3. The van der Waals surface area contributed by atoms with Crippen molar-refractivity contribution in [3.63, 3.8) is 0 Å². The molecule has 0 radical (unpaired) electrons. The maximum absolute atomic E-state index is 4.32. The third-order valence-corrected chi connectivity index (χ3v) is 2.24. The second kappa shape index (κ2) is 5.85. The summed E-state index contributed by atoms with van der Waals surface area (Å²) in [4.78, 5) is 4.27. The molecule has 1 N–H and O–H groups in total. The Hall–Kier alpha value is -0.900. The van der Waals surface area contributed by atoms with Crippen LogP contribution in [0.3, 0.4) is 0 Å². The van der Waals surface area contributed by atoms with Gasteiger partial charge in [0.2, 0.25) is 0 Å². The van der Waals surface area contributed by atoms with Crippen LogP contribution in [0.15, 0.2) is 0 Å².